The largest absolute Gasteiger partial charge is 0.481 e. The van der Waals surface area contributed by atoms with Gasteiger partial charge in [-0.05, 0) is 18.9 Å². The Balaban J connectivity index is 2.04. The second-order valence-corrected chi connectivity index (χ2v) is 6.04. The molecule has 7 heteroatoms. The van der Waals surface area contributed by atoms with Crippen LogP contribution in [0.25, 0.3) is 0 Å². The summed E-state index contributed by atoms with van der Waals surface area (Å²) in [5.74, 6) is -1.02. The molecule has 1 rings (SSSR count). The molecule has 1 amide bonds. The van der Waals surface area contributed by atoms with Crippen LogP contribution in [0.5, 0.6) is 0 Å². The maximum atomic E-state index is 11.9. The van der Waals surface area contributed by atoms with Crippen molar-refractivity contribution in [1.29, 1.82) is 0 Å². The van der Waals surface area contributed by atoms with Crippen molar-refractivity contribution in [3.05, 3.63) is 39.9 Å². The first-order valence-corrected chi connectivity index (χ1v) is 8.75. The first kappa shape index (κ1) is 20.6. The molecule has 0 fully saturated rings. The van der Waals surface area contributed by atoms with Gasteiger partial charge >= 0.3 is 5.97 Å². The van der Waals surface area contributed by atoms with E-state index in [4.69, 9.17) is 5.11 Å². The van der Waals surface area contributed by atoms with E-state index in [-0.39, 0.29) is 18.0 Å². The van der Waals surface area contributed by atoms with Crippen LogP contribution in [-0.2, 0) is 4.79 Å². The van der Waals surface area contributed by atoms with Crippen molar-refractivity contribution in [2.45, 2.75) is 57.8 Å². The minimum atomic E-state index is -0.729. The molecular weight excluding hydrogens is 324 g/mol. The van der Waals surface area contributed by atoms with Gasteiger partial charge in [-0.3, -0.25) is 19.7 Å². The van der Waals surface area contributed by atoms with Crippen LogP contribution in [0.4, 0.5) is 5.69 Å². The summed E-state index contributed by atoms with van der Waals surface area (Å²) in [5.41, 5.74) is 0.214. The lowest BCUT2D eigenvalue weighted by molar-refractivity contribution is -0.384. The van der Waals surface area contributed by atoms with Gasteiger partial charge in [-0.2, -0.15) is 0 Å². The average Bonchev–Trinajstić information content (AvgIpc) is 2.59. The van der Waals surface area contributed by atoms with Crippen LogP contribution in [0, 0.1) is 10.1 Å². The summed E-state index contributed by atoms with van der Waals surface area (Å²) in [4.78, 5) is 32.5. The predicted octanol–water partition coefficient (Wildman–Crippen LogP) is 3.92. The molecule has 7 nitrogen and oxygen atoms in total. The summed E-state index contributed by atoms with van der Waals surface area (Å²) in [5, 5.41) is 22.0. The highest BCUT2D eigenvalue weighted by Gasteiger charge is 2.10. The number of carbonyl (C=O) groups excluding carboxylic acids is 1. The molecule has 0 aromatic heterocycles. The van der Waals surface area contributed by atoms with Gasteiger partial charge in [0.2, 0.25) is 0 Å². The minimum absolute atomic E-state index is 0.0870. The standard InChI is InChI=1S/C18H26N2O5/c21-17(22)12-7-5-3-1-2-4-6-8-13-19-18(23)15-10-9-11-16(14-15)20(24)25/h9-11,14H,1-8,12-13H2,(H,19,23)(H,21,22). The van der Waals surface area contributed by atoms with E-state index in [9.17, 15) is 19.7 Å². The van der Waals surface area contributed by atoms with Crippen LogP contribution in [0.15, 0.2) is 24.3 Å². The number of hydrogen-bond donors (Lipinski definition) is 2. The van der Waals surface area contributed by atoms with E-state index in [1.165, 1.54) is 18.2 Å². The molecule has 0 saturated heterocycles. The summed E-state index contributed by atoms with van der Waals surface area (Å²) in [6, 6.07) is 5.70. The third-order valence-corrected chi connectivity index (χ3v) is 3.92. The third-order valence-electron chi connectivity index (χ3n) is 3.92. The zero-order chi connectivity index (χ0) is 18.5. The molecule has 0 heterocycles. The Morgan fingerprint density at radius 2 is 1.60 bits per heavy atom. The Morgan fingerprint density at radius 3 is 2.20 bits per heavy atom. The summed E-state index contributed by atoms with van der Waals surface area (Å²) in [6.07, 6.45) is 8.24. The van der Waals surface area contributed by atoms with Crippen LogP contribution in [0.1, 0.15) is 68.1 Å². The SMILES string of the molecule is O=C(O)CCCCCCCCCCNC(=O)c1cccc([N+](=O)[O-])c1. The minimum Gasteiger partial charge on any atom is -0.481 e. The first-order valence-electron chi connectivity index (χ1n) is 8.75. The van der Waals surface area contributed by atoms with E-state index in [0.717, 1.165) is 51.4 Å². The van der Waals surface area contributed by atoms with E-state index >= 15 is 0 Å². The van der Waals surface area contributed by atoms with Crippen molar-refractivity contribution in [3.63, 3.8) is 0 Å². The molecule has 0 spiro atoms. The van der Waals surface area contributed by atoms with Crippen LogP contribution in [0.2, 0.25) is 0 Å². The average molecular weight is 350 g/mol. The zero-order valence-electron chi connectivity index (χ0n) is 14.4. The molecule has 2 N–H and O–H groups in total. The number of carbonyl (C=O) groups is 2. The molecule has 0 aliphatic heterocycles. The van der Waals surface area contributed by atoms with E-state index < -0.39 is 10.9 Å². The third kappa shape index (κ3) is 9.44. The van der Waals surface area contributed by atoms with Crippen LogP contribution in [-0.4, -0.2) is 28.5 Å². The van der Waals surface area contributed by atoms with Crippen molar-refractivity contribution < 1.29 is 19.6 Å². The maximum Gasteiger partial charge on any atom is 0.303 e. The number of aliphatic carboxylic acids is 1. The number of unbranched alkanes of at least 4 members (excludes halogenated alkanes) is 7. The van der Waals surface area contributed by atoms with Gasteiger partial charge in [-0.25, -0.2) is 0 Å². The fourth-order valence-electron chi connectivity index (χ4n) is 2.53. The smallest absolute Gasteiger partial charge is 0.303 e. The van der Waals surface area contributed by atoms with E-state index in [1.807, 2.05) is 0 Å². The molecule has 1 aromatic carbocycles. The lowest BCUT2D eigenvalue weighted by atomic mass is 10.1. The zero-order valence-corrected chi connectivity index (χ0v) is 14.4. The van der Waals surface area contributed by atoms with Gasteiger partial charge < -0.3 is 10.4 Å². The van der Waals surface area contributed by atoms with Crippen molar-refractivity contribution >= 4 is 17.6 Å². The highest BCUT2D eigenvalue weighted by molar-refractivity contribution is 5.94. The number of rotatable bonds is 13. The first-order chi connectivity index (χ1) is 12.0. The van der Waals surface area contributed by atoms with Crippen molar-refractivity contribution in [2.75, 3.05) is 6.54 Å². The number of benzene rings is 1. The molecule has 25 heavy (non-hydrogen) atoms. The molecule has 0 aliphatic rings. The van der Waals surface area contributed by atoms with Crippen molar-refractivity contribution in [3.8, 4) is 0 Å². The Hall–Kier alpha value is -2.44. The maximum absolute atomic E-state index is 11.9. The quantitative estimate of drug-likeness (QED) is 0.318. The fraction of sp³-hybridized carbons (Fsp3) is 0.556. The summed E-state index contributed by atoms with van der Waals surface area (Å²) in [6.45, 7) is 0.556. The van der Waals surface area contributed by atoms with Crippen LogP contribution in [0.3, 0.4) is 0 Å². The molecule has 0 atom stereocenters. The van der Waals surface area contributed by atoms with Crippen LogP contribution < -0.4 is 5.32 Å². The molecule has 0 aliphatic carbocycles. The Labute approximate surface area is 147 Å². The number of amides is 1. The lowest BCUT2D eigenvalue weighted by Gasteiger charge is -2.05. The summed E-state index contributed by atoms with van der Waals surface area (Å²) < 4.78 is 0. The van der Waals surface area contributed by atoms with Gasteiger partial charge in [0.25, 0.3) is 11.6 Å². The molecular formula is C18H26N2O5. The number of nitro benzene ring substituents is 1. The number of hydrogen-bond acceptors (Lipinski definition) is 4. The van der Waals surface area contributed by atoms with E-state index in [1.54, 1.807) is 6.07 Å². The fourth-order valence-corrected chi connectivity index (χ4v) is 2.53. The Bertz CT molecular complexity index is 574. The predicted molar refractivity (Wildman–Crippen MR) is 94.6 cm³/mol. The number of carboxylic acid groups (broad SMARTS) is 1. The normalized spacial score (nSPS) is 10.4. The second kappa shape index (κ2) is 12.0. The molecule has 0 radical (unpaired) electrons. The number of non-ortho nitro benzene ring substituents is 1. The molecule has 0 bridgehead atoms. The van der Waals surface area contributed by atoms with Gasteiger partial charge in [0.1, 0.15) is 0 Å². The van der Waals surface area contributed by atoms with E-state index in [0.29, 0.717) is 12.1 Å². The molecule has 0 saturated carbocycles. The van der Waals surface area contributed by atoms with Gasteiger partial charge in [-0.15, -0.1) is 0 Å². The second-order valence-electron chi connectivity index (χ2n) is 6.04. The molecule has 0 unspecified atom stereocenters. The van der Waals surface area contributed by atoms with Crippen molar-refractivity contribution in [2.24, 2.45) is 0 Å². The van der Waals surface area contributed by atoms with Crippen molar-refractivity contribution in [1.82, 2.24) is 5.32 Å². The Kier molecular flexibility index (Phi) is 9.89. The highest BCUT2D eigenvalue weighted by atomic mass is 16.6. The number of nitro groups is 1. The van der Waals surface area contributed by atoms with Gasteiger partial charge in [0.15, 0.2) is 0 Å². The van der Waals surface area contributed by atoms with E-state index in [2.05, 4.69) is 5.32 Å². The Morgan fingerprint density at radius 1 is 1.00 bits per heavy atom. The molecule has 138 valence electrons. The lowest BCUT2D eigenvalue weighted by Crippen LogP contribution is -2.24. The van der Waals surface area contributed by atoms with Crippen LogP contribution >= 0.6 is 0 Å². The van der Waals surface area contributed by atoms with Gasteiger partial charge in [0, 0.05) is 30.7 Å². The summed E-state index contributed by atoms with van der Waals surface area (Å²) in [7, 11) is 0. The molecule has 1 aromatic rings. The topological polar surface area (TPSA) is 110 Å². The number of carboxylic acids is 1. The number of nitrogens with zero attached hydrogens (tertiary/aromatic N) is 1. The number of nitrogens with one attached hydrogen (secondary N) is 1. The van der Waals surface area contributed by atoms with Gasteiger partial charge in [-0.1, -0.05) is 44.6 Å². The van der Waals surface area contributed by atoms with Gasteiger partial charge in [0.05, 0.1) is 4.92 Å². The summed E-state index contributed by atoms with van der Waals surface area (Å²) >= 11 is 0. The highest BCUT2D eigenvalue weighted by Crippen LogP contribution is 2.13. The monoisotopic (exact) mass is 350 g/mol.